The molecule has 0 fully saturated rings. The van der Waals surface area contributed by atoms with Crippen molar-refractivity contribution in [2.45, 2.75) is 0 Å². The molecule has 7 aromatic rings. The lowest BCUT2D eigenvalue weighted by Crippen LogP contribution is -2.23. The molecule has 0 aliphatic carbocycles. The van der Waals surface area contributed by atoms with Gasteiger partial charge in [0.1, 0.15) is 0 Å². The molecule has 0 spiro atoms. The maximum atomic E-state index is 5.58. The Morgan fingerprint density at radius 1 is 0.521 bits per heavy atom. The predicted molar refractivity (Wildman–Crippen MR) is 197 cm³/mol. The van der Waals surface area contributed by atoms with Crippen LogP contribution in [0.1, 0.15) is 22.4 Å². The summed E-state index contributed by atoms with van der Waals surface area (Å²) in [5.41, 5.74) is 14.8. The van der Waals surface area contributed by atoms with Crippen molar-refractivity contribution in [2.75, 3.05) is 0 Å². The Bertz CT molecular complexity index is 2730. The molecule has 1 N–H and O–H groups in total. The van der Waals surface area contributed by atoms with Crippen LogP contribution >= 0.6 is 0 Å². The van der Waals surface area contributed by atoms with Crippen molar-refractivity contribution in [1.29, 1.82) is 0 Å². The Kier molecular flexibility index (Phi) is 5.84. The van der Waals surface area contributed by atoms with Gasteiger partial charge in [-0.15, -0.1) is 0 Å². The molecular formula is C44H28N4. The average molecular weight is 613 g/mol. The lowest BCUT2D eigenvalue weighted by atomic mass is 10.0. The van der Waals surface area contributed by atoms with Crippen molar-refractivity contribution in [1.82, 2.24) is 9.38 Å². The van der Waals surface area contributed by atoms with Crippen LogP contribution < -0.4 is 16.0 Å². The molecule has 4 aromatic carbocycles. The molecule has 10 rings (SSSR count). The Hall–Kier alpha value is -6.52. The SMILES string of the molecule is C1=Nc2cc1c(-c1ccccc1)c1ccc3n1c1c(c2-c2ccccc2)N=C(C=1)C(c1ccccc1)=c1ccc([nH]1)=C3c1ccccc1. The third-order valence-corrected chi connectivity index (χ3v) is 9.53. The van der Waals surface area contributed by atoms with E-state index in [0.29, 0.717) is 0 Å². The monoisotopic (exact) mass is 612 g/mol. The number of nitrogens with zero attached hydrogens (tertiary/aromatic N) is 3. The van der Waals surface area contributed by atoms with E-state index in [1.165, 1.54) is 0 Å². The fourth-order valence-corrected chi connectivity index (χ4v) is 7.47. The molecule has 4 nitrogen and oxygen atoms in total. The van der Waals surface area contributed by atoms with Crippen molar-refractivity contribution in [2.24, 2.45) is 9.98 Å². The molecule has 48 heavy (non-hydrogen) atoms. The first kappa shape index (κ1) is 26.7. The number of benzene rings is 4. The fraction of sp³-hybridized carbons (Fsp3) is 0. The normalized spacial score (nSPS) is 13.5. The van der Waals surface area contributed by atoms with Gasteiger partial charge in [0.05, 0.1) is 33.6 Å². The summed E-state index contributed by atoms with van der Waals surface area (Å²) in [6, 6.07) is 53.7. The molecule has 3 aromatic heterocycles. The highest BCUT2D eigenvalue weighted by atomic mass is 15.0. The van der Waals surface area contributed by atoms with Gasteiger partial charge in [-0.05, 0) is 58.7 Å². The highest BCUT2D eigenvalue weighted by molar-refractivity contribution is 6.39. The standard InChI is InChI=1S/C44H28N4/c1-5-13-28(14-6-1)40-32-25-35(45-27-32)43(31-19-11-4-12-20-31)44-39-26-36(47-44)41(29-15-7-2-8-16-29)33-21-22-34(46-33)42(30-17-9-3-10-18-30)38-24-23-37(40)48(38)39/h1-27,46H. The lowest BCUT2D eigenvalue weighted by molar-refractivity contribution is 1.11. The first-order valence-corrected chi connectivity index (χ1v) is 16.3. The van der Waals surface area contributed by atoms with E-state index in [0.717, 1.165) is 94.4 Å². The molecule has 3 aliphatic rings. The van der Waals surface area contributed by atoms with Crippen LogP contribution in [0.15, 0.2) is 162 Å². The van der Waals surface area contributed by atoms with E-state index in [2.05, 4.69) is 167 Å². The summed E-state index contributed by atoms with van der Waals surface area (Å²) in [6.45, 7) is 0. The first-order valence-electron chi connectivity index (χ1n) is 16.3. The van der Waals surface area contributed by atoms with Gasteiger partial charge in [0.25, 0.3) is 0 Å². The number of aromatic nitrogens is 2. The number of aliphatic imine (C=N–C) groups is 2. The van der Waals surface area contributed by atoms with Crippen molar-refractivity contribution in [3.05, 3.63) is 190 Å². The number of hydrogen-bond donors (Lipinski definition) is 1. The van der Waals surface area contributed by atoms with Crippen LogP contribution in [0.25, 0.3) is 45.0 Å². The number of fused-ring (bicyclic) bond motifs is 5. The summed E-state index contributed by atoms with van der Waals surface area (Å²) in [5, 5.41) is 3.11. The predicted octanol–water partition coefficient (Wildman–Crippen LogP) is 7.84. The van der Waals surface area contributed by atoms with Crippen LogP contribution in [-0.4, -0.2) is 21.3 Å². The zero-order chi connectivity index (χ0) is 31.6. The third kappa shape index (κ3) is 4.03. The third-order valence-electron chi connectivity index (χ3n) is 9.53. The Balaban J connectivity index is 1.49. The Labute approximate surface area is 277 Å². The minimum Gasteiger partial charge on any atom is -0.354 e. The second-order valence-electron chi connectivity index (χ2n) is 12.3. The van der Waals surface area contributed by atoms with Crippen LogP contribution in [-0.2, 0) is 0 Å². The van der Waals surface area contributed by atoms with E-state index in [4.69, 9.17) is 9.98 Å². The lowest BCUT2D eigenvalue weighted by Gasteiger charge is -2.12. The molecule has 0 saturated heterocycles. The second kappa shape index (κ2) is 10.5. The summed E-state index contributed by atoms with van der Waals surface area (Å²) in [7, 11) is 0. The van der Waals surface area contributed by atoms with E-state index in [1.54, 1.807) is 0 Å². The van der Waals surface area contributed by atoms with Gasteiger partial charge in [-0.25, -0.2) is 4.99 Å². The van der Waals surface area contributed by atoms with Crippen molar-refractivity contribution in [3.8, 4) is 22.3 Å². The van der Waals surface area contributed by atoms with Crippen LogP contribution in [0.3, 0.4) is 0 Å². The fourth-order valence-electron chi connectivity index (χ4n) is 7.47. The molecule has 6 bridgehead atoms. The molecule has 6 heterocycles. The Morgan fingerprint density at radius 2 is 1.08 bits per heavy atom. The van der Waals surface area contributed by atoms with Gasteiger partial charge in [-0.3, -0.25) is 4.99 Å². The van der Waals surface area contributed by atoms with Gasteiger partial charge in [0.2, 0.25) is 0 Å². The molecule has 0 unspecified atom stereocenters. The topological polar surface area (TPSA) is 44.9 Å². The van der Waals surface area contributed by atoms with Gasteiger partial charge >= 0.3 is 0 Å². The maximum absolute atomic E-state index is 5.58. The van der Waals surface area contributed by atoms with Gasteiger partial charge in [0.15, 0.2) is 0 Å². The zero-order valence-electron chi connectivity index (χ0n) is 25.9. The molecule has 0 saturated carbocycles. The molecule has 4 heteroatoms. The second-order valence-corrected chi connectivity index (χ2v) is 12.3. The first-order chi connectivity index (χ1) is 23.8. The molecule has 3 aliphatic heterocycles. The van der Waals surface area contributed by atoms with Crippen LogP contribution in [0.5, 0.6) is 0 Å². The number of nitrogens with one attached hydrogen (secondary N) is 1. The largest absolute Gasteiger partial charge is 0.354 e. The minimum absolute atomic E-state index is 0.905. The van der Waals surface area contributed by atoms with Crippen molar-refractivity contribution >= 4 is 46.0 Å². The molecule has 0 atom stereocenters. The number of H-pyrrole nitrogens is 1. The molecular weight excluding hydrogens is 585 g/mol. The van der Waals surface area contributed by atoms with Gasteiger partial charge in [-0.1, -0.05) is 121 Å². The Morgan fingerprint density at radius 3 is 1.73 bits per heavy atom. The summed E-state index contributed by atoms with van der Waals surface area (Å²) in [5.74, 6) is 0. The molecule has 0 amide bonds. The van der Waals surface area contributed by atoms with Gasteiger partial charge in [-0.2, -0.15) is 0 Å². The van der Waals surface area contributed by atoms with Gasteiger partial charge < -0.3 is 9.38 Å². The summed E-state index contributed by atoms with van der Waals surface area (Å²) in [6.07, 6.45) is 4.29. The van der Waals surface area contributed by atoms with E-state index in [1.807, 2.05) is 6.21 Å². The molecule has 224 valence electrons. The number of aromatic amines is 1. The summed E-state index contributed by atoms with van der Waals surface area (Å²) < 4.78 is 2.43. The molecule has 0 radical (unpaired) electrons. The minimum atomic E-state index is 0.905. The van der Waals surface area contributed by atoms with Crippen molar-refractivity contribution in [3.63, 3.8) is 0 Å². The number of hydrogen-bond acceptors (Lipinski definition) is 2. The van der Waals surface area contributed by atoms with E-state index in [9.17, 15) is 0 Å². The van der Waals surface area contributed by atoms with E-state index in [-0.39, 0.29) is 0 Å². The van der Waals surface area contributed by atoms with E-state index < -0.39 is 0 Å². The van der Waals surface area contributed by atoms with Gasteiger partial charge in [0, 0.05) is 44.7 Å². The highest BCUT2D eigenvalue weighted by Crippen LogP contribution is 2.42. The van der Waals surface area contributed by atoms with E-state index >= 15 is 0 Å². The maximum Gasteiger partial charge on any atom is 0.0978 e. The summed E-state index contributed by atoms with van der Waals surface area (Å²) >= 11 is 0. The van der Waals surface area contributed by atoms with Crippen molar-refractivity contribution < 1.29 is 0 Å². The average Bonchev–Trinajstić information content (AvgIpc) is 3.96. The smallest absolute Gasteiger partial charge is 0.0978 e. The number of rotatable bonds is 4. The highest BCUT2D eigenvalue weighted by Gasteiger charge is 2.26. The van der Waals surface area contributed by atoms with Crippen LogP contribution in [0.4, 0.5) is 11.4 Å². The summed E-state index contributed by atoms with van der Waals surface area (Å²) in [4.78, 5) is 14.5. The zero-order valence-corrected chi connectivity index (χ0v) is 25.9. The van der Waals surface area contributed by atoms with Crippen LogP contribution in [0, 0.1) is 0 Å². The van der Waals surface area contributed by atoms with Crippen LogP contribution in [0.2, 0.25) is 0 Å². The quantitative estimate of drug-likeness (QED) is 0.211.